The van der Waals surface area contributed by atoms with E-state index in [0.717, 1.165) is 30.8 Å². The van der Waals surface area contributed by atoms with Gasteiger partial charge in [0.1, 0.15) is 0 Å². The molecule has 0 radical (unpaired) electrons. The number of rotatable bonds is 4. The van der Waals surface area contributed by atoms with Gasteiger partial charge in [0.05, 0.1) is 6.54 Å². The maximum Gasteiger partial charge on any atom is 0.224 e. The summed E-state index contributed by atoms with van der Waals surface area (Å²) in [6.45, 7) is 3.18. The maximum atomic E-state index is 12.4. The summed E-state index contributed by atoms with van der Waals surface area (Å²) in [5.74, 6) is 0.110. The average Bonchev–Trinajstić information content (AvgIpc) is 2.55. The zero-order valence-electron chi connectivity index (χ0n) is 12.4. The number of piperazine rings is 1. The van der Waals surface area contributed by atoms with E-state index >= 15 is 0 Å². The van der Waals surface area contributed by atoms with E-state index in [1.165, 1.54) is 0 Å². The lowest BCUT2D eigenvalue weighted by Gasteiger charge is -2.32. The van der Waals surface area contributed by atoms with Gasteiger partial charge in [-0.05, 0) is 30.2 Å². The number of ketones is 1. The Labute approximate surface area is 129 Å². The zero-order chi connectivity index (χ0) is 15.5. The minimum absolute atomic E-state index is 0.0274. The summed E-state index contributed by atoms with van der Waals surface area (Å²) in [4.78, 5) is 38.2. The van der Waals surface area contributed by atoms with Crippen LogP contribution in [0.1, 0.15) is 22.3 Å². The summed E-state index contributed by atoms with van der Waals surface area (Å²) >= 11 is 0. The SMILES string of the molecule is O=CN1CCN(CC(=O)c2ccc3c(c2)CCC(=O)N3)CC1. The monoisotopic (exact) mass is 301 g/mol. The second-order valence-electron chi connectivity index (χ2n) is 5.76. The normalized spacial score (nSPS) is 18.5. The molecule has 6 heteroatoms. The molecule has 0 aliphatic carbocycles. The predicted octanol–water partition coefficient (Wildman–Crippen LogP) is 0.528. The van der Waals surface area contributed by atoms with Gasteiger partial charge in [-0.2, -0.15) is 0 Å². The number of carbonyl (C=O) groups is 3. The topological polar surface area (TPSA) is 69.7 Å². The van der Waals surface area contributed by atoms with E-state index in [0.29, 0.717) is 38.0 Å². The quantitative estimate of drug-likeness (QED) is 0.650. The van der Waals surface area contributed by atoms with Crippen molar-refractivity contribution in [2.24, 2.45) is 0 Å². The Morgan fingerprint density at radius 2 is 1.95 bits per heavy atom. The smallest absolute Gasteiger partial charge is 0.224 e. The Morgan fingerprint density at radius 3 is 2.68 bits per heavy atom. The van der Waals surface area contributed by atoms with Gasteiger partial charge < -0.3 is 10.2 Å². The second kappa shape index (κ2) is 6.27. The van der Waals surface area contributed by atoms with Crippen molar-refractivity contribution in [3.63, 3.8) is 0 Å². The zero-order valence-corrected chi connectivity index (χ0v) is 12.4. The summed E-state index contributed by atoms with van der Waals surface area (Å²) in [6.07, 6.45) is 2.01. The Bertz CT molecular complexity index is 607. The van der Waals surface area contributed by atoms with Crippen molar-refractivity contribution in [2.75, 3.05) is 38.0 Å². The summed E-state index contributed by atoms with van der Waals surface area (Å²) < 4.78 is 0. The minimum Gasteiger partial charge on any atom is -0.343 e. The molecular formula is C16H19N3O3. The van der Waals surface area contributed by atoms with E-state index in [1.807, 2.05) is 12.1 Å². The third-order valence-corrected chi connectivity index (χ3v) is 4.25. The number of hydrogen-bond acceptors (Lipinski definition) is 4. The number of carbonyl (C=O) groups excluding carboxylic acids is 3. The van der Waals surface area contributed by atoms with Crippen molar-refractivity contribution in [3.05, 3.63) is 29.3 Å². The molecule has 2 heterocycles. The standard InChI is InChI=1S/C16H19N3O3/c20-11-19-7-5-18(6-8-19)10-15(21)13-1-3-14-12(9-13)2-4-16(22)17-14/h1,3,9,11H,2,4-8,10H2,(H,17,22). The molecule has 0 bridgehead atoms. The van der Waals surface area contributed by atoms with E-state index in [-0.39, 0.29) is 11.7 Å². The highest BCUT2D eigenvalue weighted by Crippen LogP contribution is 2.23. The van der Waals surface area contributed by atoms with Gasteiger partial charge in [-0.1, -0.05) is 0 Å². The Morgan fingerprint density at radius 1 is 1.18 bits per heavy atom. The van der Waals surface area contributed by atoms with Gasteiger partial charge in [0, 0.05) is 43.9 Å². The van der Waals surface area contributed by atoms with Gasteiger partial charge in [0.2, 0.25) is 12.3 Å². The number of nitrogens with zero attached hydrogens (tertiary/aromatic N) is 2. The number of nitrogens with one attached hydrogen (secondary N) is 1. The van der Waals surface area contributed by atoms with Crippen LogP contribution in [0, 0.1) is 0 Å². The van der Waals surface area contributed by atoms with Gasteiger partial charge in [0.25, 0.3) is 0 Å². The van der Waals surface area contributed by atoms with Gasteiger partial charge in [-0.15, -0.1) is 0 Å². The lowest BCUT2D eigenvalue weighted by atomic mass is 9.98. The van der Waals surface area contributed by atoms with Crippen molar-refractivity contribution in [3.8, 4) is 0 Å². The molecule has 0 spiro atoms. The highest BCUT2D eigenvalue weighted by atomic mass is 16.2. The number of Topliss-reactive ketones (excluding diaryl/α,β-unsaturated/α-hetero) is 1. The van der Waals surface area contributed by atoms with Crippen LogP contribution in [0.25, 0.3) is 0 Å². The van der Waals surface area contributed by atoms with Crippen LogP contribution >= 0.6 is 0 Å². The van der Waals surface area contributed by atoms with Crippen molar-refractivity contribution in [1.29, 1.82) is 0 Å². The van der Waals surface area contributed by atoms with Crippen molar-refractivity contribution >= 4 is 23.8 Å². The molecule has 1 N–H and O–H groups in total. The summed E-state index contributed by atoms with van der Waals surface area (Å²) in [5, 5.41) is 2.82. The van der Waals surface area contributed by atoms with E-state index in [2.05, 4.69) is 10.2 Å². The summed E-state index contributed by atoms with van der Waals surface area (Å²) in [6, 6.07) is 5.47. The number of amides is 2. The van der Waals surface area contributed by atoms with Crippen LogP contribution < -0.4 is 5.32 Å². The number of anilines is 1. The summed E-state index contributed by atoms with van der Waals surface area (Å²) in [7, 11) is 0. The lowest BCUT2D eigenvalue weighted by Crippen LogP contribution is -2.47. The van der Waals surface area contributed by atoms with Crippen molar-refractivity contribution in [1.82, 2.24) is 9.80 Å². The van der Waals surface area contributed by atoms with Gasteiger partial charge in [-0.25, -0.2) is 0 Å². The molecule has 2 aliphatic heterocycles. The Balaban J connectivity index is 1.63. The molecule has 1 saturated heterocycles. The van der Waals surface area contributed by atoms with Crippen LogP contribution in [0.3, 0.4) is 0 Å². The maximum absolute atomic E-state index is 12.4. The van der Waals surface area contributed by atoms with Crippen molar-refractivity contribution in [2.45, 2.75) is 12.8 Å². The molecule has 1 aromatic rings. The summed E-state index contributed by atoms with van der Waals surface area (Å²) in [5.41, 5.74) is 2.52. The third-order valence-electron chi connectivity index (χ3n) is 4.25. The molecule has 0 atom stereocenters. The Kier molecular flexibility index (Phi) is 4.20. The van der Waals surface area contributed by atoms with Crippen LogP contribution in [0.5, 0.6) is 0 Å². The van der Waals surface area contributed by atoms with Gasteiger partial charge >= 0.3 is 0 Å². The number of benzene rings is 1. The van der Waals surface area contributed by atoms with E-state index in [9.17, 15) is 14.4 Å². The van der Waals surface area contributed by atoms with Gasteiger partial charge in [-0.3, -0.25) is 19.3 Å². The molecular weight excluding hydrogens is 282 g/mol. The molecule has 6 nitrogen and oxygen atoms in total. The second-order valence-corrected chi connectivity index (χ2v) is 5.76. The molecule has 22 heavy (non-hydrogen) atoms. The molecule has 0 aromatic heterocycles. The highest BCUT2D eigenvalue weighted by Gasteiger charge is 2.20. The fourth-order valence-corrected chi connectivity index (χ4v) is 2.88. The van der Waals surface area contributed by atoms with Crippen LogP contribution in [-0.4, -0.2) is 60.6 Å². The first-order valence-electron chi connectivity index (χ1n) is 7.53. The number of aryl methyl sites for hydroxylation is 1. The van der Waals surface area contributed by atoms with Crippen LogP contribution in [0.2, 0.25) is 0 Å². The lowest BCUT2D eigenvalue weighted by molar-refractivity contribution is -0.119. The van der Waals surface area contributed by atoms with Crippen LogP contribution in [-0.2, 0) is 16.0 Å². The van der Waals surface area contributed by atoms with Crippen LogP contribution in [0.4, 0.5) is 5.69 Å². The minimum atomic E-state index is 0.0274. The van der Waals surface area contributed by atoms with E-state index < -0.39 is 0 Å². The molecule has 1 aromatic carbocycles. The van der Waals surface area contributed by atoms with Gasteiger partial charge in [0.15, 0.2) is 5.78 Å². The first-order chi connectivity index (χ1) is 10.7. The Hall–Kier alpha value is -2.21. The van der Waals surface area contributed by atoms with E-state index in [1.54, 1.807) is 11.0 Å². The molecule has 0 saturated carbocycles. The average molecular weight is 301 g/mol. The molecule has 0 unspecified atom stereocenters. The molecule has 3 rings (SSSR count). The molecule has 2 aliphatic rings. The van der Waals surface area contributed by atoms with E-state index in [4.69, 9.17) is 0 Å². The first kappa shape index (κ1) is 14.7. The fraction of sp³-hybridized carbons (Fsp3) is 0.438. The molecule has 2 amide bonds. The van der Waals surface area contributed by atoms with Crippen molar-refractivity contribution < 1.29 is 14.4 Å². The predicted molar refractivity (Wildman–Crippen MR) is 81.8 cm³/mol. The number of fused-ring (bicyclic) bond motifs is 1. The van der Waals surface area contributed by atoms with Crippen LogP contribution in [0.15, 0.2) is 18.2 Å². The highest BCUT2D eigenvalue weighted by molar-refractivity contribution is 6.00. The largest absolute Gasteiger partial charge is 0.343 e. The molecule has 116 valence electrons. The molecule has 1 fully saturated rings. The number of hydrogen-bond donors (Lipinski definition) is 1. The fourth-order valence-electron chi connectivity index (χ4n) is 2.88. The third kappa shape index (κ3) is 3.17. The first-order valence-corrected chi connectivity index (χ1v) is 7.53.